The molecule has 2 aromatic rings. The van der Waals surface area contributed by atoms with E-state index in [0.717, 1.165) is 0 Å². The summed E-state index contributed by atoms with van der Waals surface area (Å²) in [6.45, 7) is -0.0623. The average Bonchev–Trinajstić information content (AvgIpc) is 2.48. The zero-order chi connectivity index (χ0) is 15.2. The maximum atomic E-state index is 13.1. The molecule has 0 unspecified atom stereocenters. The van der Waals surface area contributed by atoms with Gasteiger partial charge in [-0.25, -0.2) is 4.39 Å². The summed E-state index contributed by atoms with van der Waals surface area (Å²) in [7, 11) is 0. The van der Waals surface area contributed by atoms with Gasteiger partial charge in [0.25, 0.3) is 5.91 Å². The van der Waals surface area contributed by atoms with Crippen LogP contribution in [0.1, 0.15) is 5.56 Å². The second-order valence-corrected chi connectivity index (χ2v) is 4.74. The molecule has 0 radical (unpaired) electrons. The summed E-state index contributed by atoms with van der Waals surface area (Å²) in [5, 5.41) is 3.25. The highest BCUT2D eigenvalue weighted by Gasteiger charge is 2.07. The predicted octanol–water partition coefficient (Wildman–Crippen LogP) is 2.96. The smallest absolute Gasteiger partial charge is 0.262 e. The minimum absolute atomic E-state index is 0.131. The van der Waals surface area contributed by atoms with Crippen molar-refractivity contribution in [3.05, 3.63) is 58.9 Å². The van der Waals surface area contributed by atoms with Gasteiger partial charge < -0.3 is 15.8 Å². The fourth-order valence-corrected chi connectivity index (χ4v) is 1.85. The van der Waals surface area contributed by atoms with Crippen molar-refractivity contribution in [2.75, 3.05) is 11.9 Å². The van der Waals surface area contributed by atoms with Crippen molar-refractivity contribution in [1.82, 2.24) is 0 Å². The zero-order valence-corrected chi connectivity index (χ0v) is 11.9. The molecule has 2 rings (SSSR count). The van der Waals surface area contributed by atoms with E-state index < -0.39 is 5.82 Å². The number of amides is 1. The fraction of sp³-hybridized carbons (Fsp3) is 0.133. The monoisotopic (exact) mass is 308 g/mol. The van der Waals surface area contributed by atoms with Crippen LogP contribution in [0.15, 0.2) is 42.5 Å². The molecule has 0 saturated heterocycles. The van der Waals surface area contributed by atoms with Crippen LogP contribution in [0.3, 0.4) is 0 Å². The van der Waals surface area contributed by atoms with Gasteiger partial charge in [0.15, 0.2) is 6.61 Å². The highest BCUT2D eigenvalue weighted by atomic mass is 35.5. The highest BCUT2D eigenvalue weighted by Crippen LogP contribution is 2.19. The standard InChI is InChI=1S/C15H14ClFN2O2/c16-11-1-4-13(5-2-11)19-15(20)9-21-14-6-3-12(17)7-10(14)8-18/h1-7H,8-9,18H2,(H,19,20). The van der Waals surface area contributed by atoms with Gasteiger partial charge in [-0.15, -0.1) is 0 Å². The summed E-state index contributed by atoms with van der Waals surface area (Å²) < 4.78 is 18.4. The van der Waals surface area contributed by atoms with E-state index in [2.05, 4.69) is 5.32 Å². The van der Waals surface area contributed by atoms with Crippen molar-refractivity contribution >= 4 is 23.2 Å². The van der Waals surface area contributed by atoms with E-state index in [1.807, 2.05) is 0 Å². The van der Waals surface area contributed by atoms with E-state index in [4.69, 9.17) is 22.1 Å². The van der Waals surface area contributed by atoms with Crippen molar-refractivity contribution in [2.45, 2.75) is 6.54 Å². The first kappa shape index (κ1) is 15.3. The molecular formula is C15H14ClFN2O2. The van der Waals surface area contributed by atoms with E-state index in [9.17, 15) is 9.18 Å². The number of nitrogens with one attached hydrogen (secondary N) is 1. The lowest BCUT2D eigenvalue weighted by Gasteiger charge is -2.10. The van der Waals surface area contributed by atoms with Crippen LogP contribution in [-0.2, 0) is 11.3 Å². The molecule has 0 atom stereocenters. The number of hydrogen-bond donors (Lipinski definition) is 2. The molecule has 0 spiro atoms. The van der Waals surface area contributed by atoms with Crippen molar-refractivity contribution in [3.63, 3.8) is 0 Å². The van der Waals surface area contributed by atoms with Gasteiger partial charge in [-0.05, 0) is 42.5 Å². The molecule has 110 valence electrons. The van der Waals surface area contributed by atoms with Gasteiger partial charge in [0.2, 0.25) is 0 Å². The second kappa shape index (κ2) is 7.06. The lowest BCUT2D eigenvalue weighted by molar-refractivity contribution is -0.118. The van der Waals surface area contributed by atoms with E-state index in [1.165, 1.54) is 18.2 Å². The number of ether oxygens (including phenoxy) is 1. The van der Waals surface area contributed by atoms with Crippen molar-refractivity contribution in [3.8, 4) is 5.75 Å². The number of carbonyl (C=O) groups excluding carboxylic acids is 1. The first-order valence-corrected chi connectivity index (χ1v) is 6.63. The summed E-state index contributed by atoms with van der Waals surface area (Å²) in [5.74, 6) is -0.330. The van der Waals surface area contributed by atoms with Crippen LogP contribution in [0, 0.1) is 5.82 Å². The van der Waals surface area contributed by atoms with Gasteiger partial charge in [0, 0.05) is 22.8 Å². The molecule has 0 fully saturated rings. The molecule has 1 amide bonds. The lowest BCUT2D eigenvalue weighted by Crippen LogP contribution is -2.20. The van der Waals surface area contributed by atoms with Crippen LogP contribution < -0.4 is 15.8 Å². The van der Waals surface area contributed by atoms with Crippen LogP contribution in [0.2, 0.25) is 5.02 Å². The van der Waals surface area contributed by atoms with Crippen LogP contribution in [0.25, 0.3) is 0 Å². The first-order valence-electron chi connectivity index (χ1n) is 6.25. The Bertz CT molecular complexity index is 632. The molecule has 0 heterocycles. The van der Waals surface area contributed by atoms with E-state index in [0.29, 0.717) is 22.0 Å². The zero-order valence-electron chi connectivity index (χ0n) is 11.1. The third-order valence-electron chi connectivity index (χ3n) is 2.73. The Morgan fingerprint density at radius 2 is 1.95 bits per heavy atom. The van der Waals surface area contributed by atoms with Gasteiger partial charge in [-0.1, -0.05) is 11.6 Å². The fourth-order valence-electron chi connectivity index (χ4n) is 1.72. The minimum Gasteiger partial charge on any atom is -0.483 e. The molecular weight excluding hydrogens is 295 g/mol. The SMILES string of the molecule is NCc1cc(F)ccc1OCC(=O)Nc1ccc(Cl)cc1. The molecule has 2 aromatic carbocycles. The molecule has 4 nitrogen and oxygen atoms in total. The van der Waals surface area contributed by atoms with Gasteiger partial charge in [0.05, 0.1) is 0 Å². The number of nitrogens with two attached hydrogens (primary N) is 1. The first-order chi connectivity index (χ1) is 10.1. The maximum absolute atomic E-state index is 13.1. The Morgan fingerprint density at radius 3 is 2.62 bits per heavy atom. The summed E-state index contributed by atoms with van der Waals surface area (Å²) in [5.41, 5.74) is 6.63. The van der Waals surface area contributed by atoms with E-state index in [1.54, 1.807) is 24.3 Å². The molecule has 21 heavy (non-hydrogen) atoms. The van der Waals surface area contributed by atoms with Gasteiger partial charge in [-0.2, -0.15) is 0 Å². The number of anilines is 1. The summed E-state index contributed by atoms with van der Waals surface area (Å²) >= 11 is 5.76. The van der Waals surface area contributed by atoms with E-state index >= 15 is 0 Å². The molecule has 3 N–H and O–H groups in total. The molecule has 0 aliphatic heterocycles. The Kier molecular flexibility index (Phi) is 5.14. The molecule has 0 aliphatic carbocycles. The third-order valence-corrected chi connectivity index (χ3v) is 2.98. The number of rotatable bonds is 5. The van der Waals surface area contributed by atoms with Crippen molar-refractivity contribution < 1.29 is 13.9 Å². The number of carbonyl (C=O) groups is 1. The topological polar surface area (TPSA) is 64.3 Å². The Labute approximate surface area is 126 Å². The van der Waals surface area contributed by atoms with E-state index in [-0.39, 0.29) is 19.1 Å². The number of hydrogen-bond acceptors (Lipinski definition) is 3. The summed E-state index contributed by atoms with van der Waals surface area (Å²) in [6.07, 6.45) is 0. The van der Waals surface area contributed by atoms with Crippen molar-refractivity contribution in [2.24, 2.45) is 5.73 Å². The van der Waals surface area contributed by atoms with Crippen LogP contribution in [0.5, 0.6) is 5.75 Å². The highest BCUT2D eigenvalue weighted by molar-refractivity contribution is 6.30. The lowest BCUT2D eigenvalue weighted by atomic mass is 10.2. The molecule has 0 aliphatic rings. The van der Waals surface area contributed by atoms with Crippen LogP contribution >= 0.6 is 11.6 Å². The van der Waals surface area contributed by atoms with Crippen molar-refractivity contribution in [1.29, 1.82) is 0 Å². The molecule has 0 saturated carbocycles. The summed E-state index contributed by atoms with van der Waals surface area (Å²) in [4.78, 5) is 11.8. The quantitative estimate of drug-likeness (QED) is 0.892. The maximum Gasteiger partial charge on any atom is 0.262 e. The number of benzene rings is 2. The summed E-state index contributed by atoms with van der Waals surface area (Å²) in [6, 6.07) is 10.7. The van der Waals surface area contributed by atoms with Gasteiger partial charge in [0.1, 0.15) is 11.6 Å². The minimum atomic E-state index is -0.395. The molecule has 0 bridgehead atoms. The Balaban J connectivity index is 1.93. The second-order valence-electron chi connectivity index (χ2n) is 4.30. The van der Waals surface area contributed by atoms with Crippen LogP contribution in [-0.4, -0.2) is 12.5 Å². The normalized spacial score (nSPS) is 10.2. The van der Waals surface area contributed by atoms with Gasteiger partial charge >= 0.3 is 0 Å². The molecule has 6 heteroatoms. The Morgan fingerprint density at radius 1 is 1.24 bits per heavy atom. The predicted molar refractivity (Wildman–Crippen MR) is 79.9 cm³/mol. The average molecular weight is 309 g/mol. The van der Waals surface area contributed by atoms with Gasteiger partial charge in [-0.3, -0.25) is 4.79 Å². The van der Waals surface area contributed by atoms with Crippen LogP contribution in [0.4, 0.5) is 10.1 Å². The Hall–Kier alpha value is -2.11. The number of halogens is 2. The third kappa shape index (κ3) is 4.44. The largest absolute Gasteiger partial charge is 0.483 e. The molecule has 0 aromatic heterocycles.